The molecule has 5 unspecified atom stereocenters. The number of hydrogen-bond acceptors (Lipinski definition) is 5. The van der Waals surface area contributed by atoms with Gasteiger partial charge in [-0.1, -0.05) is 41.9 Å². The summed E-state index contributed by atoms with van der Waals surface area (Å²) in [7, 11) is 0. The molecule has 2 aromatic carbocycles. The van der Waals surface area contributed by atoms with Crippen LogP contribution in [0.3, 0.4) is 0 Å². The number of para-hydroxylation sites is 1. The van der Waals surface area contributed by atoms with Crippen molar-refractivity contribution < 1.29 is 14.6 Å². The molecule has 1 amide bonds. The number of phenols is 1. The van der Waals surface area contributed by atoms with Crippen molar-refractivity contribution in [3.8, 4) is 5.75 Å². The number of benzene rings is 2. The van der Waals surface area contributed by atoms with Gasteiger partial charge in [-0.2, -0.15) is 0 Å². The summed E-state index contributed by atoms with van der Waals surface area (Å²) in [6, 6.07) is 14.3. The Morgan fingerprint density at radius 2 is 1.97 bits per heavy atom. The number of ether oxygens (including phenoxy) is 1. The van der Waals surface area contributed by atoms with Crippen LogP contribution in [0, 0.1) is 5.92 Å². The molecule has 3 heterocycles. The zero-order valence-electron chi connectivity index (χ0n) is 15.9. The van der Waals surface area contributed by atoms with Gasteiger partial charge in [0.2, 0.25) is 5.91 Å². The van der Waals surface area contributed by atoms with Crippen LogP contribution in [-0.4, -0.2) is 41.2 Å². The summed E-state index contributed by atoms with van der Waals surface area (Å²) < 4.78 is 5.83. The Bertz CT molecular complexity index is 918. The molecule has 7 heteroatoms. The number of rotatable bonds is 4. The highest BCUT2D eigenvalue weighted by atomic mass is 35.5. The van der Waals surface area contributed by atoms with Gasteiger partial charge in [0.25, 0.3) is 0 Å². The van der Waals surface area contributed by atoms with Gasteiger partial charge in [0, 0.05) is 29.7 Å². The average Bonchev–Trinajstić information content (AvgIpc) is 3.42. The van der Waals surface area contributed by atoms with Crippen molar-refractivity contribution in [3.05, 3.63) is 64.7 Å². The maximum Gasteiger partial charge on any atom is 0.242 e. The van der Waals surface area contributed by atoms with Crippen LogP contribution in [0.5, 0.6) is 5.75 Å². The van der Waals surface area contributed by atoms with E-state index >= 15 is 0 Å². The smallest absolute Gasteiger partial charge is 0.242 e. The largest absolute Gasteiger partial charge is 0.508 e. The van der Waals surface area contributed by atoms with Gasteiger partial charge in [-0.05, 0) is 36.6 Å². The highest BCUT2D eigenvalue weighted by Gasteiger charge is 2.56. The number of carbonyl (C=O) groups is 1. The lowest BCUT2D eigenvalue weighted by molar-refractivity contribution is -0.132. The maximum atomic E-state index is 13.4. The highest BCUT2D eigenvalue weighted by Crippen LogP contribution is 2.49. The molecule has 3 fully saturated rings. The minimum Gasteiger partial charge on any atom is -0.508 e. The molecule has 0 aromatic heterocycles. The molecule has 5 rings (SSSR count). The van der Waals surface area contributed by atoms with E-state index in [2.05, 4.69) is 10.9 Å². The molecule has 0 radical (unpaired) electrons. The summed E-state index contributed by atoms with van der Waals surface area (Å²) in [5.74, 6) is 0.193. The van der Waals surface area contributed by atoms with E-state index in [1.165, 1.54) is 0 Å². The van der Waals surface area contributed by atoms with Crippen molar-refractivity contribution in [2.45, 2.75) is 37.1 Å². The molecule has 2 aromatic rings. The first-order valence-corrected chi connectivity index (χ1v) is 10.5. The Morgan fingerprint density at radius 1 is 1.14 bits per heavy atom. The van der Waals surface area contributed by atoms with E-state index in [-0.39, 0.29) is 41.8 Å². The van der Waals surface area contributed by atoms with Crippen LogP contribution in [0.1, 0.15) is 36.1 Å². The molecule has 3 N–H and O–H groups in total. The van der Waals surface area contributed by atoms with Crippen molar-refractivity contribution in [2.75, 3.05) is 13.2 Å². The zero-order valence-corrected chi connectivity index (χ0v) is 16.7. The monoisotopic (exact) mass is 413 g/mol. The third-order valence-corrected chi connectivity index (χ3v) is 6.54. The third kappa shape index (κ3) is 3.30. The number of amides is 1. The molecule has 0 aliphatic carbocycles. The van der Waals surface area contributed by atoms with E-state index in [1.807, 2.05) is 41.3 Å². The van der Waals surface area contributed by atoms with Crippen molar-refractivity contribution >= 4 is 17.5 Å². The molecule has 3 saturated heterocycles. The average molecular weight is 414 g/mol. The van der Waals surface area contributed by atoms with E-state index in [9.17, 15) is 9.90 Å². The normalized spacial score (nSPS) is 31.4. The van der Waals surface area contributed by atoms with Gasteiger partial charge in [-0.3, -0.25) is 4.79 Å². The van der Waals surface area contributed by atoms with Crippen LogP contribution in [-0.2, 0) is 9.53 Å². The Balaban J connectivity index is 1.56. The number of fused-ring (bicyclic) bond motifs is 1. The molecule has 5 atom stereocenters. The number of likely N-dealkylation sites (tertiary alicyclic amines) is 1. The number of hydrazine groups is 1. The highest BCUT2D eigenvalue weighted by molar-refractivity contribution is 6.30. The third-order valence-electron chi connectivity index (χ3n) is 6.30. The summed E-state index contributed by atoms with van der Waals surface area (Å²) in [5.41, 5.74) is 8.23. The summed E-state index contributed by atoms with van der Waals surface area (Å²) in [6.07, 6.45) is 2.06. The van der Waals surface area contributed by atoms with Gasteiger partial charge in [0.05, 0.1) is 18.2 Å². The van der Waals surface area contributed by atoms with E-state index in [0.717, 1.165) is 30.6 Å². The molecule has 0 spiro atoms. The standard InChI is InChI=1S/C22H24ClN3O3/c23-14-6-3-5-13(11-14)21-18-19(16-8-1-2-9-17(16)27)24-25-20(18)22(28)26(21)12-15-7-4-10-29-15/h1-3,5-6,8-9,11,15,18-21,24-25,27H,4,7,10,12H2. The van der Waals surface area contributed by atoms with Gasteiger partial charge in [-0.25, -0.2) is 10.9 Å². The minimum absolute atomic E-state index is 0.0564. The lowest BCUT2D eigenvalue weighted by Crippen LogP contribution is -2.43. The van der Waals surface area contributed by atoms with Crippen molar-refractivity contribution in [3.63, 3.8) is 0 Å². The van der Waals surface area contributed by atoms with Gasteiger partial charge in [-0.15, -0.1) is 0 Å². The molecule has 29 heavy (non-hydrogen) atoms. The number of aromatic hydroxyl groups is 1. The molecule has 152 valence electrons. The van der Waals surface area contributed by atoms with Crippen molar-refractivity contribution in [1.29, 1.82) is 0 Å². The second-order valence-electron chi connectivity index (χ2n) is 8.01. The number of nitrogens with one attached hydrogen (secondary N) is 2. The van der Waals surface area contributed by atoms with Gasteiger partial charge >= 0.3 is 0 Å². The Kier molecular flexibility index (Phi) is 4.95. The molecule has 3 aliphatic heterocycles. The van der Waals surface area contributed by atoms with Gasteiger partial charge in [0.1, 0.15) is 11.8 Å². The van der Waals surface area contributed by atoms with Crippen LogP contribution in [0.2, 0.25) is 5.02 Å². The lowest BCUT2D eigenvalue weighted by atomic mass is 9.83. The number of phenolic OH excluding ortho intramolecular Hbond substituents is 1. The molecule has 6 nitrogen and oxygen atoms in total. The first-order chi connectivity index (χ1) is 14.1. The van der Waals surface area contributed by atoms with Crippen LogP contribution in [0.4, 0.5) is 0 Å². The predicted octanol–water partition coefficient (Wildman–Crippen LogP) is 2.94. The number of carbonyl (C=O) groups excluding carboxylic acids is 1. The second-order valence-corrected chi connectivity index (χ2v) is 8.44. The topological polar surface area (TPSA) is 73.8 Å². The van der Waals surface area contributed by atoms with Crippen molar-refractivity contribution in [2.24, 2.45) is 5.92 Å². The molecule has 3 aliphatic rings. The van der Waals surface area contributed by atoms with Gasteiger partial charge < -0.3 is 14.7 Å². The first kappa shape index (κ1) is 18.9. The Morgan fingerprint density at radius 3 is 2.72 bits per heavy atom. The first-order valence-electron chi connectivity index (χ1n) is 10.1. The second kappa shape index (κ2) is 7.61. The van der Waals surface area contributed by atoms with Gasteiger partial charge in [0.15, 0.2) is 0 Å². The quantitative estimate of drug-likeness (QED) is 0.718. The molecule has 0 bridgehead atoms. The van der Waals surface area contributed by atoms with E-state index in [4.69, 9.17) is 16.3 Å². The summed E-state index contributed by atoms with van der Waals surface area (Å²) in [6.45, 7) is 1.32. The van der Waals surface area contributed by atoms with Crippen molar-refractivity contribution in [1.82, 2.24) is 15.8 Å². The zero-order chi connectivity index (χ0) is 20.0. The lowest BCUT2D eigenvalue weighted by Gasteiger charge is -2.32. The number of hydrogen-bond donors (Lipinski definition) is 3. The fourth-order valence-corrected chi connectivity index (χ4v) is 5.22. The Hall–Kier alpha value is -2.12. The van der Waals surface area contributed by atoms with E-state index in [1.54, 1.807) is 12.1 Å². The summed E-state index contributed by atoms with van der Waals surface area (Å²) in [4.78, 5) is 15.3. The fraction of sp³-hybridized carbons (Fsp3) is 0.409. The maximum absolute atomic E-state index is 13.4. The van der Waals surface area contributed by atoms with Crippen LogP contribution in [0.15, 0.2) is 48.5 Å². The van der Waals surface area contributed by atoms with Crippen LogP contribution in [0.25, 0.3) is 0 Å². The number of nitrogens with zero attached hydrogens (tertiary/aromatic N) is 1. The van der Waals surface area contributed by atoms with E-state index < -0.39 is 0 Å². The van der Waals surface area contributed by atoms with Crippen LogP contribution >= 0.6 is 11.6 Å². The predicted molar refractivity (Wildman–Crippen MR) is 109 cm³/mol. The summed E-state index contributed by atoms with van der Waals surface area (Å²) >= 11 is 6.30. The van der Waals surface area contributed by atoms with Crippen LogP contribution < -0.4 is 10.9 Å². The minimum atomic E-state index is -0.370. The molecular formula is C22H24ClN3O3. The SMILES string of the molecule is O=C1C2NNC(c3ccccc3O)C2C(c2cccc(Cl)c2)N1CC1CCCO1. The molecular weight excluding hydrogens is 390 g/mol. The Labute approximate surface area is 174 Å². The summed E-state index contributed by atoms with van der Waals surface area (Å²) in [5, 5.41) is 11.1. The fourth-order valence-electron chi connectivity index (χ4n) is 5.02. The van der Waals surface area contributed by atoms with E-state index in [0.29, 0.717) is 11.6 Å². The number of halogens is 1. The molecule has 0 saturated carbocycles.